The third-order valence-electron chi connectivity index (χ3n) is 2.27. The maximum Gasteiger partial charge on any atom is 0.257 e. The van der Waals surface area contributed by atoms with E-state index in [0.717, 1.165) is 6.42 Å². The van der Waals surface area contributed by atoms with Crippen molar-refractivity contribution in [2.24, 2.45) is 5.84 Å². The minimum Gasteiger partial charge on any atom is -0.385 e. The maximum atomic E-state index is 5.34. The normalized spacial score (nSPS) is 10.4. The van der Waals surface area contributed by atoms with Gasteiger partial charge in [-0.3, -0.25) is 5.43 Å². The van der Waals surface area contributed by atoms with E-state index < -0.39 is 0 Å². The minimum atomic E-state index is 0.273. The van der Waals surface area contributed by atoms with Crippen LogP contribution in [0.1, 0.15) is 6.42 Å². The van der Waals surface area contributed by atoms with Crippen LogP contribution in [0.5, 0.6) is 0 Å². The summed E-state index contributed by atoms with van der Waals surface area (Å²) in [4.78, 5) is 12.5. The number of nitrogens with two attached hydrogens (primary N) is 1. The summed E-state index contributed by atoms with van der Waals surface area (Å²) < 4.78 is 6.50. The van der Waals surface area contributed by atoms with Crippen LogP contribution in [0.2, 0.25) is 0 Å². The Morgan fingerprint density at radius 1 is 1.32 bits per heavy atom. The van der Waals surface area contributed by atoms with Crippen molar-refractivity contribution in [1.82, 2.24) is 24.7 Å². The third kappa shape index (κ3) is 3.60. The van der Waals surface area contributed by atoms with Gasteiger partial charge in [0, 0.05) is 32.7 Å². The van der Waals surface area contributed by atoms with Crippen LogP contribution in [0.25, 0.3) is 5.95 Å². The van der Waals surface area contributed by atoms with Gasteiger partial charge in [0.1, 0.15) is 0 Å². The van der Waals surface area contributed by atoms with Crippen LogP contribution in [-0.4, -0.2) is 45.0 Å². The van der Waals surface area contributed by atoms with Crippen molar-refractivity contribution in [1.29, 1.82) is 0 Å². The van der Waals surface area contributed by atoms with Crippen molar-refractivity contribution < 1.29 is 4.74 Å². The Kier molecular flexibility index (Phi) is 4.59. The molecule has 19 heavy (non-hydrogen) atoms. The van der Waals surface area contributed by atoms with Crippen LogP contribution in [-0.2, 0) is 4.74 Å². The van der Waals surface area contributed by atoms with Crippen LogP contribution in [0, 0.1) is 0 Å². The molecule has 0 bridgehead atoms. The lowest BCUT2D eigenvalue weighted by molar-refractivity contribution is 0.197. The Labute approximate surface area is 110 Å². The van der Waals surface area contributed by atoms with E-state index in [2.05, 4.69) is 30.8 Å². The molecule has 2 aromatic heterocycles. The fraction of sp³-hybridized carbons (Fsp3) is 0.400. The number of nitrogen functional groups attached to an aromatic ring is 1. The van der Waals surface area contributed by atoms with Gasteiger partial charge in [-0.15, -0.1) is 0 Å². The molecule has 0 aliphatic carbocycles. The summed E-state index contributed by atoms with van der Waals surface area (Å²) in [6, 6.07) is 1.78. The minimum absolute atomic E-state index is 0.273. The first kappa shape index (κ1) is 13.2. The number of methoxy groups -OCH3 is 1. The summed E-state index contributed by atoms with van der Waals surface area (Å²) in [5.74, 6) is 6.44. The van der Waals surface area contributed by atoms with Gasteiger partial charge < -0.3 is 10.1 Å². The number of nitrogens with zero attached hydrogens (tertiary/aromatic N) is 5. The third-order valence-corrected chi connectivity index (χ3v) is 2.27. The molecule has 2 heterocycles. The number of nitrogens with one attached hydrogen (secondary N) is 2. The van der Waals surface area contributed by atoms with E-state index in [1.54, 1.807) is 25.6 Å². The van der Waals surface area contributed by atoms with Crippen molar-refractivity contribution in [2.75, 3.05) is 31.0 Å². The van der Waals surface area contributed by atoms with E-state index in [1.807, 2.05) is 0 Å². The van der Waals surface area contributed by atoms with Gasteiger partial charge in [0.25, 0.3) is 5.95 Å². The summed E-state index contributed by atoms with van der Waals surface area (Å²) in [6.07, 6.45) is 4.24. The average molecular weight is 264 g/mol. The number of hydrazine groups is 1. The molecular weight excluding hydrogens is 248 g/mol. The number of hydrogen-bond acceptors (Lipinski definition) is 8. The Morgan fingerprint density at radius 2 is 2.16 bits per heavy atom. The molecule has 2 rings (SSSR count). The van der Waals surface area contributed by atoms with E-state index in [0.29, 0.717) is 25.0 Å². The van der Waals surface area contributed by atoms with Crippen LogP contribution in [0.4, 0.5) is 11.9 Å². The molecule has 4 N–H and O–H groups in total. The summed E-state index contributed by atoms with van der Waals surface area (Å²) >= 11 is 0. The summed E-state index contributed by atoms with van der Waals surface area (Å²) in [7, 11) is 1.66. The molecule has 0 aliphatic heterocycles. The van der Waals surface area contributed by atoms with Gasteiger partial charge in [0.15, 0.2) is 0 Å². The molecule has 0 radical (unpaired) electrons. The predicted molar refractivity (Wildman–Crippen MR) is 69.7 cm³/mol. The Morgan fingerprint density at radius 3 is 2.84 bits per heavy atom. The van der Waals surface area contributed by atoms with Crippen molar-refractivity contribution in [3.63, 3.8) is 0 Å². The number of rotatable bonds is 7. The molecule has 9 nitrogen and oxygen atoms in total. The Bertz CT molecular complexity index is 500. The van der Waals surface area contributed by atoms with Gasteiger partial charge in [-0.05, 0) is 12.5 Å². The number of aromatic nitrogens is 5. The fourth-order valence-electron chi connectivity index (χ4n) is 1.41. The van der Waals surface area contributed by atoms with Crippen LogP contribution in [0.15, 0.2) is 18.5 Å². The molecule has 0 aromatic carbocycles. The van der Waals surface area contributed by atoms with Crippen molar-refractivity contribution in [3.05, 3.63) is 18.5 Å². The number of ether oxygens (including phenoxy) is 1. The first-order valence-electron chi connectivity index (χ1n) is 5.79. The summed E-state index contributed by atoms with van der Waals surface area (Å²) in [6.45, 7) is 1.37. The SMILES string of the molecule is COCCCNc1nc(NN)nc(-n2cccn2)n1. The molecular formula is C10H16N8O. The summed E-state index contributed by atoms with van der Waals surface area (Å²) in [5, 5.41) is 7.14. The van der Waals surface area contributed by atoms with E-state index in [-0.39, 0.29) is 5.95 Å². The van der Waals surface area contributed by atoms with E-state index in [4.69, 9.17) is 10.6 Å². The lowest BCUT2D eigenvalue weighted by Gasteiger charge is -2.08. The molecule has 0 amide bonds. The van der Waals surface area contributed by atoms with Crippen LogP contribution >= 0.6 is 0 Å². The molecule has 0 saturated carbocycles. The lowest BCUT2D eigenvalue weighted by atomic mass is 10.4. The second-order valence-corrected chi connectivity index (χ2v) is 3.65. The van der Waals surface area contributed by atoms with Crippen molar-refractivity contribution in [3.8, 4) is 5.95 Å². The van der Waals surface area contributed by atoms with Gasteiger partial charge in [-0.1, -0.05) is 0 Å². The topological polar surface area (TPSA) is 116 Å². The smallest absolute Gasteiger partial charge is 0.257 e. The number of hydrogen-bond donors (Lipinski definition) is 3. The molecule has 9 heteroatoms. The number of anilines is 2. The molecule has 0 spiro atoms. The van der Waals surface area contributed by atoms with Gasteiger partial charge >= 0.3 is 0 Å². The highest BCUT2D eigenvalue weighted by Crippen LogP contribution is 2.07. The zero-order valence-electron chi connectivity index (χ0n) is 10.6. The van der Waals surface area contributed by atoms with E-state index >= 15 is 0 Å². The Balaban J connectivity index is 2.12. The van der Waals surface area contributed by atoms with Crippen LogP contribution in [0.3, 0.4) is 0 Å². The van der Waals surface area contributed by atoms with Crippen molar-refractivity contribution >= 4 is 11.9 Å². The zero-order valence-corrected chi connectivity index (χ0v) is 10.6. The maximum absolute atomic E-state index is 5.34. The highest BCUT2D eigenvalue weighted by molar-refractivity contribution is 5.36. The fourth-order valence-corrected chi connectivity index (χ4v) is 1.41. The van der Waals surface area contributed by atoms with Gasteiger partial charge in [0.2, 0.25) is 11.9 Å². The average Bonchev–Trinajstić information content (AvgIpc) is 2.97. The second kappa shape index (κ2) is 6.61. The molecule has 0 fully saturated rings. The standard InChI is InChI=1S/C10H16N8O/c1-19-7-3-4-12-8-14-9(17-11)16-10(15-8)18-6-2-5-13-18/h2,5-6H,3-4,7,11H2,1H3,(H2,12,14,15,16,17). The first-order valence-corrected chi connectivity index (χ1v) is 5.79. The molecule has 2 aromatic rings. The zero-order chi connectivity index (χ0) is 13.5. The highest BCUT2D eigenvalue weighted by atomic mass is 16.5. The Hall–Kier alpha value is -2.26. The monoisotopic (exact) mass is 264 g/mol. The highest BCUT2D eigenvalue weighted by Gasteiger charge is 2.07. The largest absolute Gasteiger partial charge is 0.385 e. The van der Waals surface area contributed by atoms with E-state index in [9.17, 15) is 0 Å². The molecule has 0 unspecified atom stereocenters. The van der Waals surface area contributed by atoms with Gasteiger partial charge in [0.05, 0.1) is 0 Å². The molecule has 0 atom stereocenters. The van der Waals surface area contributed by atoms with E-state index in [1.165, 1.54) is 4.68 Å². The lowest BCUT2D eigenvalue weighted by Crippen LogP contribution is -2.16. The quantitative estimate of drug-likeness (QED) is 0.357. The predicted octanol–water partition coefficient (Wildman–Crippen LogP) is -0.209. The second-order valence-electron chi connectivity index (χ2n) is 3.65. The summed E-state index contributed by atoms with van der Waals surface area (Å²) in [5.41, 5.74) is 2.40. The molecule has 102 valence electrons. The molecule has 0 saturated heterocycles. The first-order chi connectivity index (χ1) is 9.33. The molecule has 0 aliphatic rings. The van der Waals surface area contributed by atoms with Gasteiger partial charge in [-0.25, -0.2) is 10.5 Å². The van der Waals surface area contributed by atoms with Crippen molar-refractivity contribution in [2.45, 2.75) is 6.42 Å². The van der Waals surface area contributed by atoms with Crippen LogP contribution < -0.4 is 16.6 Å². The van der Waals surface area contributed by atoms with Gasteiger partial charge in [-0.2, -0.15) is 20.1 Å².